The number of fused-ring (bicyclic) bond motifs is 1. The highest BCUT2D eigenvalue weighted by molar-refractivity contribution is 5.73. The fourth-order valence-electron chi connectivity index (χ4n) is 3.77. The van der Waals surface area contributed by atoms with Crippen LogP contribution in [0.25, 0.3) is 16.9 Å². The normalized spacial score (nSPS) is 11.6. The van der Waals surface area contributed by atoms with Crippen LogP contribution in [0, 0.1) is 24.5 Å². The van der Waals surface area contributed by atoms with Crippen LogP contribution in [0.3, 0.4) is 0 Å². The van der Waals surface area contributed by atoms with Crippen LogP contribution in [0.5, 0.6) is 0 Å². The third-order valence-corrected chi connectivity index (χ3v) is 5.58. The molecule has 4 rings (SSSR count). The quantitative estimate of drug-likeness (QED) is 0.457. The van der Waals surface area contributed by atoms with Crippen molar-refractivity contribution in [1.82, 2.24) is 18.7 Å². The minimum atomic E-state index is -0.709. The largest absolute Gasteiger partial charge is 0.337 e. The van der Waals surface area contributed by atoms with Crippen molar-refractivity contribution in [2.45, 2.75) is 40.3 Å². The zero-order valence-corrected chi connectivity index (χ0v) is 18.2. The van der Waals surface area contributed by atoms with E-state index in [-0.39, 0.29) is 35.7 Å². The summed E-state index contributed by atoms with van der Waals surface area (Å²) >= 11 is 0. The molecule has 0 spiro atoms. The number of hydrogen-bond acceptors (Lipinski definition) is 3. The SMILES string of the molecule is Cc1ccccc1-n1c(=O)n(CCC(C)C)c(=O)c2c1ncn2Cc1c(F)cccc1F. The van der Waals surface area contributed by atoms with Gasteiger partial charge in [0, 0.05) is 12.1 Å². The molecule has 0 saturated carbocycles. The number of hydrogen-bond donors (Lipinski definition) is 0. The highest BCUT2D eigenvalue weighted by atomic mass is 19.1. The molecular formula is C24H24F2N4O2. The Balaban J connectivity index is 2.01. The molecule has 32 heavy (non-hydrogen) atoms. The van der Waals surface area contributed by atoms with Crippen LogP contribution < -0.4 is 11.2 Å². The fourth-order valence-corrected chi connectivity index (χ4v) is 3.77. The highest BCUT2D eigenvalue weighted by Crippen LogP contribution is 2.19. The summed E-state index contributed by atoms with van der Waals surface area (Å²) in [5.41, 5.74) is 0.534. The lowest BCUT2D eigenvalue weighted by molar-refractivity contribution is 0.491. The van der Waals surface area contributed by atoms with Crippen LogP contribution in [-0.4, -0.2) is 18.7 Å². The van der Waals surface area contributed by atoms with E-state index < -0.39 is 22.9 Å². The van der Waals surface area contributed by atoms with E-state index in [0.717, 1.165) is 5.56 Å². The number of aromatic nitrogens is 4. The smallest absolute Gasteiger partial charge is 0.320 e. The van der Waals surface area contributed by atoms with Gasteiger partial charge in [0.1, 0.15) is 11.6 Å². The van der Waals surface area contributed by atoms with E-state index in [0.29, 0.717) is 12.1 Å². The Morgan fingerprint density at radius 2 is 1.69 bits per heavy atom. The number of benzene rings is 2. The molecule has 0 bridgehead atoms. The van der Waals surface area contributed by atoms with Gasteiger partial charge in [0.25, 0.3) is 5.56 Å². The van der Waals surface area contributed by atoms with E-state index in [1.54, 1.807) is 12.1 Å². The third kappa shape index (κ3) is 3.77. The standard InChI is InChI=1S/C24H24F2N4O2/c1-15(2)11-12-29-23(31)21-22(30(24(29)32)20-10-5-4-7-16(20)3)27-14-28(21)13-17-18(25)8-6-9-19(17)26/h4-10,14-15H,11-13H2,1-3H3. The average molecular weight is 438 g/mol. The van der Waals surface area contributed by atoms with Crippen LogP contribution in [-0.2, 0) is 13.1 Å². The number of halogens is 2. The molecule has 2 aromatic heterocycles. The van der Waals surface area contributed by atoms with E-state index >= 15 is 0 Å². The van der Waals surface area contributed by atoms with Crippen molar-refractivity contribution in [3.05, 3.63) is 92.4 Å². The number of aryl methyl sites for hydroxylation is 1. The summed E-state index contributed by atoms with van der Waals surface area (Å²) in [4.78, 5) is 31.1. The third-order valence-electron chi connectivity index (χ3n) is 5.58. The van der Waals surface area contributed by atoms with Gasteiger partial charge in [-0.1, -0.05) is 38.1 Å². The lowest BCUT2D eigenvalue weighted by atomic mass is 10.1. The van der Waals surface area contributed by atoms with E-state index in [1.165, 1.54) is 38.2 Å². The Labute approximate surface area is 183 Å². The zero-order valence-electron chi connectivity index (χ0n) is 18.2. The first-order valence-corrected chi connectivity index (χ1v) is 10.5. The summed E-state index contributed by atoms with van der Waals surface area (Å²) in [6, 6.07) is 10.9. The lowest BCUT2D eigenvalue weighted by Crippen LogP contribution is -2.40. The molecule has 0 saturated heterocycles. The van der Waals surface area contributed by atoms with Gasteiger partial charge in [-0.25, -0.2) is 23.1 Å². The lowest BCUT2D eigenvalue weighted by Gasteiger charge is -2.15. The van der Waals surface area contributed by atoms with E-state index in [9.17, 15) is 18.4 Å². The summed E-state index contributed by atoms with van der Waals surface area (Å²) in [7, 11) is 0. The average Bonchev–Trinajstić information content (AvgIpc) is 3.15. The van der Waals surface area contributed by atoms with Gasteiger partial charge in [0.2, 0.25) is 0 Å². The summed E-state index contributed by atoms with van der Waals surface area (Å²) in [5.74, 6) is -1.14. The summed E-state index contributed by atoms with van der Waals surface area (Å²) < 4.78 is 32.6. The number of imidazole rings is 1. The van der Waals surface area contributed by atoms with Crippen LogP contribution in [0.4, 0.5) is 8.78 Å². The van der Waals surface area contributed by atoms with Gasteiger partial charge < -0.3 is 4.57 Å². The van der Waals surface area contributed by atoms with E-state index in [2.05, 4.69) is 4.98 Å². The Bertz CT molecular complexity index is 1400. The topological polar surface area (TPSA) is 61.8 Å². The maximum Gasteiger partial charge on any atom is 0.337 e. The van der Waals surface area contributed by atoms with Gasteiger partial charge >= 0.3 is 5.69 Å². The number of nitrogens with zero attached hydrogens (tertiary/aromatic N) is 4. The Morgan fingerprint density at radius 1 is 1.00 bits per heavy atom. The molecule has 166 valence electrons. The van der Waals surface area contributed by atoms with Gasteiger partial charge in [0.15, 0.2) is 11.2 Å². The molecule has 2 heterocycles. The van der Waals surface area contributed by atoms with Crippen molar-refractivity contribution in [2.24, 2.45) is 5.92 Å². The minimum absolute atomic E-state index is 0.124. The van der Waals surface area contributed by atoms with E-state index in [1.807, 2.05) is 32.9 Å². The van der Waals surface area contributed by atoms with E-state index in [4.69, 9.17) is 0 Å². The maximum atomic E-state index is 14.3. The first kappa shape index (κ1) is 21.7. The Kier molecular flexibility index (Phi) is 5.78. The predicted octanol–water partition coefficient (Wildman–Crippen LogP) is 4.03. The molecule has 0 amide bonds. The van der Waals surface area contributed by atoms with Crippen molar-refractivity contribution in [3.8, 4) is 5.69 Å². The fraction of sp³-hybridized carbons (Fsp3) is 0.292. The van der Waals surface area contributed by atoms with Crippen molar-refractivity contribution in [2.75, 3.05) is 0 Å². The van der Waals surface area contributed by atoms with Gasteiger partial charge in [-0.2, -0.15) is 0 Å². The molecule has 0 fully saturated rings. The molecule has 0 aliphatic carbocycles. The van der Waals surface area contributed by atoms with Gasteiger partial charge in [-0.3, -0.25) is 9.36 Å². The molecular weight excluding hydrogens is 414 g/mol. The molecule has 4 aromatic rings. The molecule has 0 N–H and O–H groups in total. The minimum Gasteiger partial charge on any atom is -0.320 e. The molecule has 0 aliphatic heterocycles. The molecule has 0 unspecified atom stereocenters. The summed E-state index contributed by atoms with van der Waals surface area (Å²) in [6.07, 6.45) is 1.98. The van der Waals surface area contributed by atoms with Crippen LogP contribution >= 0.6 is 0 Å². The van der Waals surface area contributed by atoms with Crippen LogP contribution in [0.2, 0.25) is 0 Å². The molecule has 0 aliphatic rings. The molecule has 8 heteroatoms. The second-order valence-corrected chi connectivity index (χ2v) is 8.29. The van der Waals surface area contributed by atoms with Crippen molar-refractivity contribution in [3.63, 3.8) is 0 Å². The predicted molar refractivity (Wildman–Crippen MR) is 119 cm³/mol. The number of para-hydroxylation sites is 1. The van der Waals surface area contributed by atoms with Gasteiger partial charge in [-0.05, 0) is 43.0 Å². The maximum absolute atomic E-state index is 14.3. The van der Waals surface area contributed by atoms with Gasteiger partial charge in [0.05, 0.1) is 18.6 Å². The highest BCUT2D eigenvalue weighted by Gasteiger charge is 2.21. The summed E-state index contributed by atoms with van der Waals surface area (Å²) in [6.45, 7) is 5.89. The van der Waals surface area contributed by atoms with Crippen molar-refractivity contribution < 1.29 is 8.78 Å². The second-order valence-electron chi connectivity index (χ2n) is 8.29. The Morgan fingerprint density at radius 3 is 2.34 bits per heavy atom. The molecule has 0 atom stereocenters. The second kappa shape index (κ2) is 8.53. The van der Waals surface area contributed by atoms with Crippen LogP contribution in [0.15, 0.2) is 58.4 Å². The Hall–Kier alpha value is -3.55. The van der Waals surface area contributed by atoms with Crippen molar-refractivity contribution >= 4 is 11.2 Å². The molecule has 0 radical (unpaired) electrons. The van der Waals surface area contributed by atoms with Gasteiger partial charge in [-0.15, -0.1) is 0 Å². The zero-order chi connectivity index (χ0) is 23.0. The summed E-state index contributed by atoms with van der Waals surface area (Å²) in [5, 5.41) is 0. The first-order valence-electron chi connectivity index (χ1n) is 10.5. The number of rotatable bonds is 6. The first-order chi connectivity index (χ1) is 15.3. The van der Waals surface area contributed by atoms with Crippen molar-refractivity contribution in [1.29, 1.82) is 0 Å². The van der Waals surface area contributed by atoms with Crippen LogP contribution in [0.1, 0.15) is 31.4 Å². The monoisotopic (exact) mass is 438 g/mol. The molecule has 6 nitrogen and oxygen atoms in total. The molecule has 2 aromatic carbocycles.